The second-order valence-electron chi connectivity index (χ2n) is 7.13. The van der Waals surface area contributed by atoms with Crippen LogP contribution >= 0.6 is 11.6 Å². The first-order valence-electron chi connectivity index (χ1n) is 9.66. The number of hydrogen-bond donors (Lipinski definition) is 0. The van der Waals surface area contributed by atoms with Crippen LogP contribution in [-0.4, -0.2) is 29.2 Å². The van der Waals surface area contributed by atoms with Gasteiger partial charge in [0.25, 0.3) is 5.91 Å². The van der Waals surface area contributed by atoms with E-state index in [1.54, 1.807) is 29.2 Å². The first-order valence-corrected chi connectivity index (χ1v) is 10.0. The molecule has 0 bridgehead atoms. The van der Waals surface area contributed by atoms with E-state index in [0.29, 0.717) is 11.4 Å². The Labute approximate surface area is 179 Å². The predicted molar refractivity (Wildman–Crippen MR) is 115 cm³/mol. The molecule has 152 valence electrons. The highest BCUT2D eigenvalue weighted by molar-refractivity contribution is 6.30. The number of benzene rings is 3. The molecule has 3 aromatic carbocycles. The Morgan fingerprint density at radius 1 is 1.07 bits per heavy atom. The monoisotopic (exact) mass is 422 g/mol. The van der Waals surface area contributed by atoms with Gasteiger partial charge in [-0.2, -0.15) is 0 Å². The summed E-state index contributed by atoms with van der Waals surface area (Å²) in [7, 11) is 0. The largest absolute Gasteiger partial charge is 0.390 e. The molecule has 4 nitrogen and oxygen atoms in total. The second-order valence-corrected chi connectivity index (χ2v) is 7.57. The number of carbonyl (C=O) groups is 1. The molecule has 1 amide bonds. The van der Waals surface area contributed by atoms with Crippen LogP contribution in [0.3, 0.4) is 0 Å². The van der Waals surface area contributed by atoms with Crippen LogP contribution in [0.15, 0.2) is 84.0 Å². The van der Waals surface area contributed by atoms with Crippen LogP contribution in [0.1, 0.15) is 27.9 Å². The maximum atomic E-state index is 14.3. The molecule has 0 spiro atoms. The van der Waals surface area contributed by atoms with Gasteiger partial charge in [0, 0.05) is 18.0 Å². The van der Waals surface area contributed by atoms with E-state index in [1.807, 2.05) is 42.5 Å². The van der Waals surface area contributed by atoms with Crippen LogP contribution in [-0.2, 0) is 11.4 Å². The van der Waals surface area contributed by atoms with Gasteiger partial charge in [-0.15, -0.1) is 0 Å². The summed E-state index contributed by atoms with van der Waals surface area (Å²) in [4.78, 5) is 20.3. The van der Waals surface area contributed by atoms with Gasteiger partial charge in [-0.3, -0.25) is 4.79 Å². The zero-order valence-corrected chi connectivity index (χ0v) is 16.9. The van der Waals surface area contributed by atoms with Crippen LogP contribution in [0.25, 0.3) is 0 Å². The molecule has 1 unspecified atom stereocenters. The quantitative estimate of drug-likeness (QED) is 0.540. The maximum absolute atomic E-state index is 14.3. The van der Waals surface area contributed by atoms with E-state index < -0.39 is 11.7 Å². The summed E-state index contributed by atoms with van der Waals surface area (Å²) in [5, 5.41) is 4.78. The van der Waals surface area contributed by atoms with Crippen molar-refractivity contribution in [1.29, 1.82) is 0 Å². The topological polar surface area (TPSA) is 41.9 Å². The van der Waals surface area contributed by atoms with Crippen LogP contribution < -0.4 is 0 Å². The van der Waals surface area contributed by atoms with Crippen molar-refractivity contribution < 1.29 is 14.0 Å². The van der Waals surface area contributed by atoms with Gasteiger partial charge in [0.05, 0.1) is 17.8 Å². The van der Waals surface area contributed by atoms with Crippen molar-refractivity contribution in [3.8, 4) is 0 Å². The molecule has 0 fully saturated rings. The lowest BCUT2D eigenvalue weighted by Crippen LogP contribution is -2.37. The molecule has 4 rings (SSSR count). The molecule has 0 radical (unpaired) electrons. The van der Waals surface area contributed by atoms with Crippen molar-refractivity contribution in [2.45, 2.75) is 19.1 Å². The van der Waals surface area contributed by atoms with Crippen molar-refractivity contribution in [3.63, 3.8) is 0 Å². The van der Waals surface area contributed by atoms with Gasteiger partial charge in [0.1, 0.15) is 5.82 Å². The minimum atomic E-state index is -0.549. The fourth-order valence-corrected chi connectivity index (χ4v) is 3.67. The lowest BCUT2D eigenvalue weighted by molar-refractivity contribution is 0.0402. The first-order chi connectivity index (χ1) is 14.6. The first kappa shape index (κ1) is 20.1. The number of oxime groups is 1. The Hall–Kier alpha value is -3.18. The fourth-order valence-electron chi connectivity index (χ4n) is 3.45. The zero-order chi connectivity index (χ0) is 20.9. The molecule has 0 aromatic heterocycles. The number of halogens is 2. The molecule has 0 saturated carbocycles. The number of carbonyl (C=O) groups excluding carboxylic acids is 1. The Morgan fingerprint density at radius 3 is 2.60 bits per heavy atom. The Kier molecular flexibility index (Phi) is 6.10. The summed E-state index contributed by atoms with van der Waals surface area (Å²) >= 11 is 6.10. The lowest BCUT2D eigenvalue weighted by Gasteiger charge is -2.25. The van der Waals surface area contributed by atoms with Gasteiger partial charge in [-0.05, 0) is 35.4 Å². The predicted octanol–water partition coefficient (Wildman–Crippen LogP) is 5.31. The number of rotatable bonds is 6. The Morgan fingerprint density at radius 2 is 1.83 bits per heavy atom. The van der Waals surface area contributed by atoms with Crippen molar-refractivity contribution in [2.75, 3.05) is 6.54 Å². The number of hydrogen-bond acceptors (Lipinski definition) is 3. The molecule has 1 atom stereocenters. The highest BCUT2D eigenvalue weighted by Crippen LogP contribution is 2.21. The Bertz CT molecular complexity index is 1070. The van der Waals surface area contributed by atoms with E-state index >= 15 is 0 Å². The highest BCUT2D eigenvalue weighted by Gasteiger charge is 2.28. The van der Waals surface area contributed by atoms with E-state index in [0.717, 1.165) is 16.8 Å². The summed E-state index contributed by atoms with van der Waals surface area (Å²) in [5.74, 6) is -0.947. The van der Waals surface area contributed by atoms with Crippen LogP contribution in [0.4, 0.5) is 4.39 Å². The molecule has 30 heavy (non-hydrogen) atoms. The molecule has 1 aliphatic heterocycles. The zero-order valence-electron chi connectivity index (χ0n) is 16.2. The van der Waals surface area contributed by atoms with Crippen molar-refractivity contribution in [3.05, 3.63) is 106 Å². The normalized spacial score (nSPS) is 15.4. The van der Waals surface area contributed by atoms with Crippen molar-refractivity contribution >= 4 is 23.2 Å². The third-order valence-corrected chi connectivity index (χ3v) is 5.15. The lowest BCUT2D eigenvalue weighted by atomic mass is 10.0. The summed E-state index contributed by atoms with van der Waals surface area (Å²) in [6.45, 7) is 0.563. The van der Waals surface area contributed by atoms with Crippen LogP contribution in [0.2, 0.25) is 5.02 Å². The molecule has 1 aliphatic rings. The fraction of sp³-hybridized carbons (Fsp3) is 0.167. The summed E-state index contributed by atoms with van der Waals surface area (Å²) in [6.07, 6.45) is 0.260. The van der Waals surface area contributed by atoms with E-state index in [9.17, 15) is 9.18 Å². The van der Waals surface area contributed by atoms with E-state index in [1.165, 1.54) is 12.1 Å². The summed E-state index contributed by atoms with van der Waals surface area (Å²) in [5.41, 5.74) is 2.71. The van der Waals surface area contributed by atoms with Crippen molar-refractivity contribution in [1.82, 2.24) is 4.90 Å². The molecule has 6 heteroatoms. The van der Waals surface area contributed by atoms with Gasteiger partial charge in [0.15, 0.2) is 6.10 Å². The molecule has 0 saturated heterocycles. The molecule has 0 aliphatic carbocycles. The van der Waals surface area contributed by atoms with Gasteiger partial charge in [-0.1, -0.05) is 71.4 Å². The van der Waals surface area contributed by atoms with Crippen LogP contribution in [0, 0.1) is 5.82 Å². The number of nitrogens with zero attached hydrogens (tertiary/aromatic N) is 2. The van der Waals surface area contributed by atoms with E-state index in [-0.39, 0.29) is 24.8 Å². The summed E-state index contributed by atoms with van der Waals surface area (Å²) in [6, 6.07) is 23.0. The molecule has 1 heterocycles. The van der Waals surface area contributed by atoms with Gasteiger partial charge < -0.3 is 9.74 Å². The Balaban J connectivity index is 1.53. The third-order valence-electron chi connectivity index (χ3n) is 4.92. The SMILES string of the molecule is O=C(c1ccccc1F)N(Cc1cccc(Cl)c1)CC1CC(c2ccccc2)=NO1. The van der Waals surface area contributed by atoms with Gasteiger partial charge in [0.2, 0.25) is 0 Å². The van der Waals surface area contributed by atoms with E-state index in [2.05, 4.69) is 5.16 Å². The molecular formula is C24H20ClFN2O2. The molecule has 0 N–H and O–H groups in total. The minimum Gasteiger partial charge on any atom is -0.390 e. The second kappa shape index (κ2) is 9.09. The van der Waals surface area contributed by atoms with Crippen molar-refractivity contribution in [2.24, 2.45) is 5.16 Å². The maximum Gasteiger partial charge on any atom is 0.257 e. The van der Waals surface area contributed by atoms with E-state index in [4.69, 9.17) is 16.4 Å². The van der Waals surface area contributed by atoms with Gasteiger partial charge >= 0.3 is 0 Å². The third kappa shape index (κ3) is 4.69. The average Bonchev–Trinajstić information content (AvgIpc) is 3.22. The molecule has 3 aromatic rings. The summed E-state index contributed by atoms with van der Waals surface area (Å²) < 4.78 is 14.3. The van der Waals surface area contributed by atoms with Gasteiger partial charge in [-0.25, -0.2) is 4.39 Å². The smallest absolute Gasteiger partial charge is 0.257 e. The van der Waals surface area contributed by atoms with Crippen LogP contribution in [0.5, 0.6) is 0 Å². The number of amides is 1. The molecular weight excluding hydrogens is 403 g/mol. The highest BCUT2D eigenvalue weighted by atomic mass is 35.5. The average molecular weight is 423 g/mol. The minimum absolute atomic E-state index is 0.0294. The standard InChI is InChI=1S/C24H20ClFN2O2/c25-19-10-6-7-17(13-19)15-28(24(29)21-11-4-5-12-22(21)26)16-20-14-23(27-30-20)18-8-2-1-3-9-18/h1-13,20H,14-16H2.